The molecule has 2 atom stereocenters. The number of carbonyl (C=O) groups is 1. The zero-order chi connectivity index (χ0) is 12.8. The number of nitrogens with zero attached hydrogens (tertiary/aromatic N) is 1. The Labute approximate surface area is 103 Å². The standard InChI is InChI=1S/C11H11NO4S/c1-16-11(15)10(14)9(13)7-2-4-8(5-3-7)12-6-17/h2-5,9-10,13-14H,1H3. The molecule has 90 valence electrons. The molecule has 1 aromatic carbocycles. The van der Waals surface area contributed by atoms with Crippen LogP contribution in [0.1, 0.15) is 11.7 Å². The largest absolute Gasteiger partial charge is 0.467 e. The van der Waals surface area contributed by atoms with Gasteiger partial charge in [0.25, 0.3) is 0 Å². The van der Waals surface area contributed by atoms with Crippen molar-refractivity contribution in [3.05, 3.63) is 29.8 Å². The molecule has 2 N–H and O–H groups in total. The van der Waals surface area contributed by atoms with Gasteiger partial charge < -0.3 is 14.9 Å². The second kappa shape index (κ2) is 6.22. The second-order valence-corrected chi connectivity index (χ2v) is 3.39. The molecule has 0 aliphatic heterocycles. The highest BCUT2D eigenvalue weighted by atomic mass is 32.1. The zero-order valence-corrected chi connectivity index (χ0v) is 9.85. The Morgan fingerprint density at radius 1 is 1.41 bits per heavy atom. The number of aliphatic hydroxyl groups is 2. The molecule has 0 bridgehead atoms. The first-order valence-corrected chi connectivity index (χ1v) is 5.12. The quantitative estimate of drug-likeness (QED) is 0.475. The number of aliphatic imine (C=N–C) groups is 1. The number of carbonyl (C=O) groups excluding carboxylic acids is 1. The fraction of sp³-hybridized carbons (Fsp3) is 0.273. The maximum absolute atomic E-state index is 11.0. The third-order valence-electron chi connectivity index (χ3n) is 2.15. The molecule has 0 aliphatic carbocycles. The van der Waals surface area contributed by atoms with Gasteiger partial charge in [0.15, 0.2) is 6.10 Å². The molecule has 0 fully saturated rings. The predicted octanol–water partition coefficient (Wildman–Crippen LogP) is 0.988. The van der Waals surface area contributed by atoms with Crippen LogP contribution in [0.2, 0.25) is 0 Å². The van der Waals surface area contributed by atoms with Crippen LogP contribution < -0.4 is 0 Å². The Hall–Kier alpha value is -1.59. The third-order valence-corrected chi connectivity index (χ3v) is 2.24. The van der Waals surface area contributed by atoms with Gasteiger partial charge in [-0.3, -0.25) is 0 Å². The molecule has 0 aliphatic rings. The summed E-state index contributed by atoms with van der Waals surface area (Å²) in [6.45, 7) is 0. The highest BCUT2D eigenvalue weighted by molar-refractivity contribution is 7.78. The van der Waals surface area contributed by atoms with Crippen molar-refractivity contribution >= 4 is 29.0 Å². The second-order valence-electron chi connectivity index (χ2n) is 3.21. The first kappa shape index (κ1) is 13.5. The van der Waals surface area contributed by atoms with Crippen LogP contribution in [0.4, 0.5) is 5.69 Å². The van der Waals surface area contributed by atoms with Gasteiger partial charge in [-0.15, -0.1) is 0 Å². The van der Waals surface area contributed by atoms with Gasteiger partial charge in [0.1, 0.15) is 6.10 Å². The average Bonchev–Trinajstić information content (AvgIpc) is 2.37. The normalized spacial score (nSPS) is 13.4. The molecule has 5 nitrogen and oxygen atoms in total. The van der Waals surface area contributed by atoms with E-state index in [9.17, 15) is 15.0 Å². The third kappa shape index (κ3) is 3.44. The van der Waals surface area contributed by atoms with Crippen molar-refractivity contribution in [3.8, 4) is 0 Å². The van der Waals surface area contributed by atoms with Gasteiger partial charge in [0.05, 0.1) is 18.0 Å². The van der Waals surface area contributed by atoms with Crippen LogP contribution in [-0.2, 0) is 9.53 Å². The molecule has 0 saturated heterocycles. The van der Waals surface area contributed by atoms with Crippen molar-refractivity contribution < 1.29 is 19.7 Å². The zero-order valence-electron chi connectivity index (χ0n) is 9.03. The summed E-state index contributed by atoms with van der Waals surface area (Å²) in [5.74, 6) is -0.890. The average molecular weight is 253 g/mol. The number of aliphatic hydroxyl groups excluding tert-OH is 2. The maximum atomic E-state index is 11.0. The minimum absolute atomic E-state index is 0.381. The minimum Gasteiger partial charge on any atom is -0.467 e. The Bertz CT molecular complexity index is 439. The SMILES string of the molecule is COC(=O)C(O)C(O)c1ccc(N=C=S)cc1. The lowest BCUT2D eigenvalue weighted by Gasteiger charge is -2.15. The molecule has 0 aromatic heterocycles. The number of thiocarbonyl (C=S) groups is 1. The lowest BCUT2D eigenvalue weighted by molar-refractivity contribution is -0.156. The lowest BCUT2D eigenvalue weighted by atomic mass is 10.0. The Balaban J connectivity index is 2.85. The molecule has 0 heterocycles. The van der Waals surface area contributed by atoms with Crippen LogP contribution in [0.5, 0.6) is 0 Å². The van der Waals surface area contributed by atoms with Crippen molar-refractivity contribution in [2.75, 3.05) is 7.11 Å². The van der Waals surface area contributed by atoms with Gasteiger partial charge in [0.2, 0.25) is 0 Å². The van der Waals surface area contributed by atoms with Gasteiger partial charge in [0, 0.05) is 0 Å². The monoisotopic (exact) mass is 253 g/mol. The highest BCUT2D eigenvalue weighted by Crippen LogP contribution is 2.21. The van der Waals surface area contributed by atoms with Crippen molar-refractivity contribution in [2.45, 2.75) is 12.2 Å². The first-order chi connectivity index (χ1) is 8.10. The van der Waals surface area contributed by atoms with E-state index < -0.39 is 18.2 Å². The van der Waals surface area contributed by atoms with Crippen molar-refractivity contribution in [1.29, 1.82) is 0 Å². The number of esters is 1. The molecular weight excluding hydrogens is 242 g/mol. The fourth-order valence-corrected chi connectivity index (χ4v) is 1.34. The van der Waals surface area contributed by atoms with E-state index in [1.807, 2.05) is 0 Å². The van der Waals surface area contributed by atoms with E-state index in [2.05, 4.69) is 27.1 Å². The molecule has 0 spiro atoms. The fourth-order valence-electron chi connectivity index (χ4n) is 1.23. The van der Waals surface area contributed by atoms with E-state index in [0.29, 0.717) is 11.3 Å². The van der Waals surface area contributed by atoms with Gasteiger partial charge in [-0.1, -0.05) is 12.1 Å². The molecule has 6 heteroatoms. The highest BCUT2D eigenvalue weighted by Gasteiger charge is 2.26. The van der Waals surface area contributed by atoms with Gasteiger partial charge in [-0.05, 0) is 29.9 Å². The van der Waals surface area contributed by atoms with E-state index in [-0.39, 0.29) is 0 Å². The van der Waals surface area contributed by atoms with Crippen molar-refractivity contribution in [2.24, 2.45) is 4.99 Å². The van der Waals surface area contributed by atoms with Crippen LogP contribution in [0.15, 0.2) is 29.3 Å². The summed E-state index contributed by atoms with van der Waals surface area (Å²) >= 11 is 4.44. The van der Waals surface area contributed by atoms with Gasteiger partial charge in [-0.25, -0.2) is 4.79 Å². The number of benzene rings is 1. The molecule has 0 radical (unpaired) electrons. The first-order valence-electron chi connectivity index (χ1n) is 4.72. The number of isothiocyanates is 1. The Morgan fingerprint density at radius 2 is 2.00 bits per heavy atom. The summed E-state index contributed by atoms with van der Waals surface area (Å²) in [6.07, 6.45) is -2.95. The van der Waals surface area contributed by atoms with Crippen LogP contribution >= 0.6 is 12.2 Å². The van der Waals surface area contributed by atoms with Crippen molar-refractivity contribution in [1.82, 2.24) is 0 Å². The number of hydrogen-bond donors (Lipinski definition) is 2. The summed E-state index contributed by atoms with van der Waals surface area (Å²) in [4.78, 5) is 14.8. The predicted molar refractivity (Wildman–Crippen MR) is 64.1 cm³/mol. The lowest BCUT2D eigenvalue weighted by Crippen LogP contribution is -2.28. The topological polar surface area (TPSA) is 79.1 Å². The maximum Gasteiger partial charge on any atom is 0.337 e. The minimum atomic E-state index is -1.61. The number of rotatable bonds is 4. The Morgan fingerprint density at radius 3 is 2.47 bits per heavy atom. The summed E-state index contributed by atoms with van der Waals surface area (Å²) in [5, 5.41) is 21.3. The van der Waals surface area contributed by atoms with E-state index in [4.69, 9.17) is 0 Å². The molecule has 2 unspecified atom stereocenters. The van der Waals surface area contributed by atoms with Crippen LogP contribution in [0.3, 0.4) is 0 Å². The van der Waals surface area contributed by atoms with E-state index in [1.165, 1.54) is 12.1 Å². The molecule has 1 aromatic rings. The molecule has 0 amide bonds. The summed E-state index contributed by atoms with van der Waals surface area (Å²) in [5.41, 5.74) is 0.953. The van der Waals surface area contributed by atoms with Crippen LogP contribution in [0, 0.1) is 0 Å². The summed E-state index contributed by atoms with van der Waals surface area (Å²) < 4.78 is 4.33. The van der Waals surface area contributed by atoms with Gasteiger partial charge >= 0.3 is 5.97 Å². The van der Waals surface area contributed by atoms with Crippen LogP contribution in [-0.4, -0.2) is 34.6 Å². The summed E-state index contributed by atoms with van der Waals surface area (Å²) in [7, 11) is 1.13. The van der Waals surface area contributed by atoms with Crippen LogP contribution in [0.25, 0.3) is 0 Å². The number of ether oxygens (including phenoxy) is 1. The van der Waals surface area contributed by atoms with Crippen molar-refractivity contribution in [3.63, 3.8) is 0 Å². The smallest absolute Gasteiger partial charge is 0.337 e. The van der Waals surface area contributed by atoms with E-state index >= 15 is 0 Å². The van der Waals surface area contributed by atoms with E-state index in [0.717, 1.165) is 7.11 Å². The van der Waals surface area contributed by atoms with Gasteiger partial charge in [-0.2, -0.15) is 4.99 Å². The summed E-state index contributed by atoms with van der Waals surface area (Å²) in [6, 6.07) is 6.23. The van der Waals surface area contributed by atoms with E-state index in [1.54, 1.807) is 12.1 Å². The number of methoxy groups -OCH3 is 1. The number of hydrogen-bond acceptors (Lipinski definition) is 6. The Kier molecular flexibility index (Phi) is 4.93. The molecule has 17 heavy (non-hydrogen) atoms. The molecule has 1 rings (SSSR count). The molecular formula is C11H11NO4S. The molecule has 0 saturated carbocycles.